The number of benzene rings is 1. The molecule has 6 nitrogen and oxygen atoms in total. The van der Waals surface area contributed by atoms with Gasteiger partial charge in [0.2, 0.25) is 0 Å². The maximum absolute atomic E-state index is 11.9. The van der Waals surface area contributed by atoms with Gasteiger partial charge in [0.15, 0.2) is 0 Å². The Bertz CT molecular complexity index is 480. The van der Waals surface area contributed by atoms with E-state index in [-0.39, 0.29) is 6.03 Å². The summed E-state index contributed by atoms with van der Waals surface area (Å²) in [5, 5.41) is 5.76. The highest BCUT2D eigenvalue weighted by molar-refractivity contribution is 5.73. The predicted molar refractivity (Wildman–Crippen MR) is 90.1 cm³/mol. The summed E-state index contributed by atoms with van der Waals surface area (Å²) < 4.78 is 10.4. The third-order valence-corrected chi connectivity index (χ3v) is 4.03. The Hall–Kier alpha value is -1.95. The van der Waals surface area contributed by atoms with E-state index in [0.29, 0.717) is 24.6 Å². The van der Waals surface area contributed by atoms with Gasteiger partial charge < -0.3 is 25.0 Å². The molecule has 0 aliphatic carbocycles. The normalized spacial score (nSPS) is 15.0. The van der Waals surface area contributed by atoms with Crippen LogP contribution in [0.4, 0.5) is 4.79 Å². The van der Waals surface area contributed by atoms with Crippen molar-refractivity contribution in [1.82, 2.24) is 15.5 Å². The fourth-order valence-electron chi connectivity index (χ4n) is 2.72. The van der Waals surface area contributed by atoms with E-state index in [1.165, 1.54) is 19.3 Å². The second-order valence-corrected chi connectivity index (χ2v) is 5.73. The van der Waals surface area contributed by atoms with E-state index in [9.17, 15) is 4.79 Å². The van der Waals surface area contributed by atoms with Gasteiger partial charge in [0.05, 0.1) is 14.2 Å². The number of carbonyl (C=O) groups excluding carboxylic acids is 1. The summed E-state index contributed by atoms with van der Waals surface area (Å²) in [5.74, 6) is 1.43. The van der Waals surface area contributed by atoms with Crippen molar-refractivity contribution in [3.8, 4) is 11.5 Å². The monoisotopic (exact) mass is 321 g/mol. The molecule has 128 valence electrons. The standard InChI is InChI=1S/C17H27N3O3/c1-22-15-10-14(11-16(12-15)23-2)13-19-17(21)18-6-9-20-7-4-3-5-8-20/h10-12H,3-9,13H2,1-2H3,(H2,18,19,21). The van der Waals surface area contributed by atoms with Crippen molar-refractivity contribution in [2.45, 2.75) is 25.8 Å². The van der Waals surface area contributed by atoms with Crippen LogP contribution in [0.3, 0.4) is 0 Å². The van der Waals surface area contributed by atoms with Crippen molar-refractivity contribution in [1.29, 1.82) is 0 Å². The van der Waals surface area contributed by atoms with E-state index >= 15 is 0 Å². The van der Waals surface area contributed by atoms with E-state index < -0.39 is 0 Å². The number of methoxy groups -OCH3 is 2. The quantitative estimate of drug-likeness (QED) is 0.806. The van der Waals surface area contributed by atoms with Gasteiger partial charge in [-0.15, -0.1) is 0 Å². The molecule has 1 fully saturated rings. The highest BCUT2D eigenvalue weighted by atomic mass is 16.5. The fourth-order valence-corrected chi connectivity index (χ4v) is 2.72. The molecule has 1 saturated heterocycles. The molecule has 0 atom stereocenters. The van der Waals surface area contributed by atoms with E-state index in [1.54, 1.807) is 14.2 Å². The third-order valence-electron chi connectivity index (χ3n) is 4.03. The van der Waals surface area contributed by atoms with Gasteiger partial charge >= 0.3 is 6.03 Å². The summed E-state index contributed by atoms with van der Waals surface area (Å²) >= 11 is 0. The van der Waals surface area contributed by atoms with E-state index in [0.717, 1.165) is 25.2 Å². The highest BCUT2D eigenvalue weighted by Crippen LogP contribution is 2.22. The van der Waals surface area contributed by atoms with Gasteiger partial charge in [-0.1, -0.05) is 6.42 Å². The number of piperidine rings is 1. The molecule has 23 heavy (non-hydrogen) atoms. The zero-order chi connectivity index (χ0) is 16.5. The zero-order valence-electron chi connectivity index (χ0n) is 14.1. The molecule has 2 amide bonds. The molecule has 2 rings (SSSR count). The molecule has 1 aliphatic heterocycles. The van der Waals surface area contributed by atoms with E-state index in [2.05, 4.69) is 15.5 Å². The number of rotatable bonds is 7. The molecule has 1 aromatic carbocycles. The Balaban J connectivity index is 1.71. The van der Waals surface area contributed by atoms with Crippen LogP contribution in [0.15, 0.2) is 18.2 Å². The number of hydrogen-bond donors (Lipinski definition) is 2. The molecule has 0 saturated carbocycles. The van der Waals surface area contributed by atoms with Crippen molar-refractivity contribution in [2.75, 3.05) is 40.4 Å². The van der Waals surface area contributed by atoms with Crippen LogP contribution in [-0.2, 0) is 6.54 Å². The summed E-state index contributed by atoms with van der Waals surface area (Å²) in [6, 6.07) is 5.43. The maximum atomic E-state index is 11.9. The number of hydrogen-bond acceptors (Lipinski definition) is 4. The highest BCUT2D eigenvalue weighted by Gasteiger charge is 2.10. The first-order valence-corrected chi connectivity index (χ1v) is 8.17. The molecule has 1 aromatic rings. The smallest absolute Gasteiger partial charge is 0.315 e. The topological polar surface area (TPSA) is 62.8 Å². The Kier molecular flexibility index (Phi) is 7.00. The lowest BCUT2D eigenvalue weighted by Gasteiger charge is -2.26. The van der Waals surface area contributed by atoms with Crippen molar-refractivity contribution >= 4 is 6.03 Å². The minimum Gasteiger partial charge on any atom is -0.497 e. The van der Waals surface area contributed by atoms with Crippen LogP contribution in [0.5, 0.6) is 11.5 Å². The van der Waals surface area contributed by atoms with Crippen molar-refractivity contribution in [3.05, 3.63) is 23.8 Å². The van der Waals surface area contributed by atoms with Crippen LogP contribution < -0.4 is 20.1 Å². The predicted octanol–water partition coefficient (Wildman–Crippen LogP) is 1.99. The summed E-state index contributed by atoms with van der Waals surface area (Å²) in [6.45, 7) is 4.32. The minimum absolute atomic E-state index is 0.149. The number of carbonyl (C=O) groups is 1. The molecule has 2 N–H and O–H groups in total. The zero-order valence-corrected chi connectivity index (χ0v) is 14.1. The van der Waals surface area contributed by atoms with Crippen LogP contribution in [0.2, 0.25) is 0 Å². The lowest BCUT2D eigenvalue weighted by Crippen LogP contribution is -2.41. The molecule has 0 unspecified atom stereocenters. The second kappa shape index (κ2) is 9.25. The molecule has 6 heteroatoms. The number of nitrogens with one attached hydrogen (secondary N) is 2. The first-order valence-electron chi connectivity index (χ1n) is 8.17. The molecule has 0 aromatic heterocycles. The van der Waals surface area contributed by atoms with Gasteiger partial charge in [-0.2, -0.15) is 0 Å². The van der Waals surface area contributed by atoms with Crippen LogP contribution >= 0.6 is 0 Å². The first-order chi connectivity index (χ1) is 11.2. The number of urea groups is 1. The molecule has 0 spiro atoms. The Morgan fingerprint density at radius 1 is 1.04 bits per heavy atom. The van der Waals surface area contributed by atoms with Crippen LogP contribution in [0.1, 0.15) is 24.8 Å². The lowest BCUT2D eigenvalue weighted by molar-refractivity contribution is 0.220. The number of likely N-dealkylation sites (tertiary alicyclic amines) is 1. The number of amides is 2. The van der Waals surface area contributed by atoms with E-state index in [1.807, 2.05) is 18.2 Å². The van der Waals surface area contributed by atoms with Crippen LogP contribution in [-0.4, -0.2) is 51.3 Å². The summed E-state index contributed by atoms with van der Waals surface area (Å²) in [7, 11) is 3.22. The number of ether oxygens (including phenoxy) is 2. The summed E-state index contributed by atoms with van der Waals surface area (Å²) in [5.41, 5.74) is 0.937. The maximum Gasteiger partial charge on any atom is 0.315 e. The van der Waals surface area contributed by atoms with Gasteiger partial charge in [-0.3, -0.25) is 0 Å². The Morgan fingerprint density at radius 2 is 1.70 bits per heavy atom. The van der Waals surface area contributed by atoms with Crippen molar-refractivity contribution in [3.63, 3.8) is 0 Å². The SMILES string of the molecule is COc1cc(CNC(=O)NCCN2CCCCC2)cc(OC)c1. The van der Waals surface area contributed by atoms with Crippen molar-refractivity contribution < 1.29 is 14.3 Å². The Morgan fingerprint density at radius 3 is 2.30 bits per heavy atom. The molecular weight excluding hydrogens is 294 g/mol. The average molecular weight is 321 g/mol. The van der Waals surface area contributed by atoms with Gasteiger partial charge in [0, 0.05) is 25.7 Å². The molecule has 1 aliphatic rings. The minimum atomic E-state index is -0.149. The average Bonchev–Trinajstić information content (AvgIpc) is 2.60. The molecule has 1 heterocycles. The molecular formula is C17H27N3O3. The van der Waals surface area contributed by atoms with Gasteiger partial charge in [0.1, 0.15) is 11.5 Å². The third kappa shape index (κ3) is 5.98. The second-order valence-electron chi connectivity index (χ2n) is 5.73. The Labute approximate surface area is 138 Å². The first kappa shape index (κ1) is 17.4. The lowest BCUT2D eigenvalue weighted by atomic mass is 10.1. The van der Waals surface area contributed by atoms with Gasteiger partial charge in [0.25, 0.3) is 0 Å². The fraction of sp³-hybridized carbons (Fsp3) is 0.588. The van der Waals surface area contributed by atoms with Gasteiger partial charge in [-0.05, 0) is 43.6 Å². The van der Waals surface area contributed by atoms with E-state index in [4.69, 9.17) is 9.47 Å². The number of nitrogens with zero attached hydrogens (tertiary/aromatic N) is 1. The largest absolute Gasteiger partial charge is 0.497 e. The van der Waals surface area contributed by atoms with Crippen LogP contribution in [0, 0.1) is 0 Å². The van der Waals surface area contributed by atoms with Crippen molar-refractivity contribution in [2.24, 2.45) is 0 Å². The van der Waals surface area contributed by atoms with Gasteiger partial charge in [-0.25, -0.2) is 4.79 Å². The summed E-state index contributed by atoms with van der Waals surface area (Å²) in [4.78, 5) is 14.3. The summed E-state index contributed by atoms with van der Waals surface area (Å²) in [6.07, 6.45) is 3.86. The molecule has 0 radical (unpaired) electrons. The van der Waals surface area contributed by atoms with Crippen LogP contribution in [0.25, 0.3) is 0 Å². The molecule has 0 bridgehead atoms.